The number of nitrogens with one attached hydrogen (secondary N) is 1. The van der Waals surface area contributed by atoms with E-state index in [0.717, 1.165) is 25.7 Å². The van der Waals surface area contributed by atoms with Crippen molar-refractivity contribution in [1.29, 1.82) is 0 Å². The maximum Gasteiger partial charge on any atom is 0.349 e. The molecule has 0 saturated heterocycles. The van der Waals surface area contributed by atoms with E-state index < -0.39 is 11.8 Å². The van der Waals surface area contributed by atoms with Gasteiger partial charge in [-0.05, 0) is 18.8 Å². The molecule has 0 heterocycles. The summed E-state index contributed by atoms with van der Waals surface area (Å²) in [6.07, 6.45) is 5.21. The maximum absolute atomic E-state index is 14.2. The van der Waals surface area contributed by atoms with Crippen molar-refractivity contribution in [2.75, 3.05) is 6.54 Å². The summed E-state index contributed by atoms with van der Waals surface area (Å²) in [4.78, 5) is 12.0. The molecule has 2 rings (SSSR count). The lowest BCUT2D eigenvalue weighted by atomic mass is 9.83. The van der Waals surface area contributed by atoms with Gasteiger partial charge in [0.25, 0.3) is 5.91 Å². The minimum atomic E-state index is -3.52. The summed E-state index contributed by atoms with van der Waals surface area (Å²) in [6.45, 7) is 0.196. The zero-order valence-electron chi connectivity index (χ0n) is 12.4. The third-order valence-corrected chi connectivity index (χ3v) is 4.21. The first-order chi connectivity index (χ1) is 10.1. The zero-order valence-corrected chi connectivity index (χ0v) is 13.3. The number of alkyl halides is 2. The zero-order chi connectivity index (χ0) is 15.3. The minimum Gasteiger partial charge on any atom is -0.346 e. The molecule has 0 bridgehead atoms. The number of benzene rings is 1. The SMILES string of the molecule is Cl.NCC(NC(=O)C(F)(F)c1ccccc1)C1CCCCC1. The van der Waals surface area contributed by atoms with Gasteiger partial charge in [0, 0.05) is 18.2 Å². The van der Waals surface area contributed by atoms with Gasteiger partial charge in [0.1, 0.15) is 0 Å². The second-order valence-corrected chi connectivity index (χ2v) is 5.65. The highest BCUT2D eigenvalue weighted by atomic mass is 35.5. The van der Waals surface area contributed by atoms with Crippen LogP contribution in [0.25, 0.3) is 0 Å². The van der Waals surface area contributed by atoms with Crippen molar-refractivity contribution in [1.82, 2.24) is 5.32 Å². The number of carbonyl (C=O) groups excluding carboxylic acids is 1. The second kappa shape index (κ2) is 8.44. The monoisotopic (exact) mass is 332 g/mol. The molecule has 1 unspecified atom stereocenters. The number of hydrogen-bond acceptors (Lipinski definition) is 2. The lowest BCUT2D eigenvalue weighted by Gasteiger charge is -2.31. The smallest absolute Gasteiger partial charge is 0.346 e. The highest BCUT2D eigenvalue weighted by Gasteiger charge is 2.42. The number of halogens is 3. The lowest BCUT2D eigenvalue weighted by Crippen LogP contribution is -2.50. The van der Waals surface area contributed by atoms with Crippen molar-refractivity contribution in [3.05, 3.63) is 35.9 Å². The minimum absolute atomic E-state index is 0. The second-order valence-electron chi connectivity index (χ2n) is 5.65. The van der Waals surface area contributed by atoms with Crippen molar-refractivity contribution >= 4 is 18.3 Å². The van der Waals surface area contributed by atoms with Crippen LogP contribution in [0.15, 0.2) is 30.3 Å². The average molecular weight is 333 g/mol. The first kappa shape index (κ1) is 18.8. The molecular formula is C16H23ClF2N2O. The Hall–Kier alpha value is -1.20. The summed E-state index contributed by atoms with van der Waals surface area (Å²) in [5.74, 6) is -4.57. The van der Waals surface area contributed by atoms with Crippen molar-refractivity contribution < 1.29 is 13.6 Å². The van der Waals surface area contributed by atoms with Gasteiger partial charge < -0.3 is 11.1 Å². The van der Waals surface area contributed by atoms with Crippen LogP contribution >= 0.6 is 12.4 Å². The van der Waals surface area contributed by atoms with Crippen molar-refractivity contribution in [3.8, 4) is 0 Å². The molecule has 1 aliphatic rings. The molecule has 1 amide bonds. The molecular weight excluding hydrogens is 310 g/mol. The number of amides is 1. The molecule has 0 radical (unpaired) electrons. The molecule has 1 aromatic carbocycles. The van der Waals surface area contributed by atoms with Gasteiger partial charge in [-0.3, -0.25) is 4.79 Å². The summed E-state index contributed by atoms with van der Waals surface area (Å²) >= 11 is 0. The Labute approximate surface area is 136 Å². The molecule has 124 valence electrons. The van der Waals surface area contributed by atoms with E-state index in [1.165, 1.54) is 30.7 Å². The third-order valence-electron chi connectivity index (χ3n) is 4.21. The van der Waals surface area contributed by atoms with Crippen LogP contribution < -0.4 is 11.1 Å². The van der Waals surface area contributed by atoms with Gasteiger partial charge in [-0.2, -0.15) is 8.78 Å². The number of nitrogens with two attached hydrogens (primary N) is 1. The molecule has 1 aliphatic carbocycles. The fourth-order valence-electron chi connectivity index (χ4n) is 2.94. The predicted molar refractivity (Wildman–Crippen MR) is 85.1 cm³/mol. The largest absolute Gasteiger partial charge is 0.349 e. The number of hydrogen-bond donors (Lipinski definition) is 2. The number of rotatable bonds is 5. The Morgan fingerprint density at radius 2 is 1.82 bits per heavy atom. The van der Waals surface area contributed by atoms with Crippen LogP contribution in [-0.2, 0) is 10.7 Å². The Kier molecular flexibility index (Phi) is 7.23. The van der Waals surface area contributed by atoms with E-state index in [-0.39, 0.29) is 36.5 Å². The molecule has 0 aliphatic heterocycles. The van der Waals surface area contributed by atoms with Crippen LogP contribution in [0.2, 0.25) is 0 Å². The van der Waals surface area contributed by atoms with E-state index in [0.29, 0.717) is 0 Å². The maximum atomic E-state index is 14.2. The van der Waals surface area contributed by atoms with E-state index >= 15 is 0 Å². The number of carbonyl (C=O) groups is 1. The normalized spacial score (nSPS) is 17.4. The van der Waals surface area contributed by atoms with Gasteiger partial charge >= 0.3 is 5.92 Å². The highest BCUT2D eigenvalue weighted by Crippen LogP contribution is 2.30. The van der Waals surface area contributed by atoms with Gasteiger partial charge in [-0.15, -0.1) is 12.4 Å². The molecule has 1 atom stereocenters. The fraction of sp³-hybridized carbons (Fsp3) is 0.562. The molecule has 1 fully saturated rings. The molecule has 6 heteroatoms. The van der Waals surface area contributed by atoms with Crippen LogP contribution in [0, 0.1) is 5.92 Å². The summed E-state index contributed by atoms with van der Waals surface area (Å²) in [7, 11) is 0. The van der Waals surface area contributed by atoms with Crippen LogP contribution in [0.1, 0.15) is 37.7 Å². The van der Waals surface area contributed by atoms with Crippen LogP contribution in [0.3, 0.4) is 0 Å². The molecule has 0 aromatic heterocycles. The molecule has 3 nitrogen and oxygen atoms in total. The van der Waals surface area contributed by atoms with E-state index in [1.54, 1.807) is 6.07 Å². The van der Waals surface area contributed by atoms with Gasteiger partial charge in [0.05, 0.1) is 0 Å². The molecule has 1 saturated carbocycles. The Balaban J connectivity index is 0.00000242. The predicted octanol–water partition coefficient (Wildman–Crippen LogP) is 3.22. The Morgan fingerprint density at radius 1 is 1.23 bits per heavy atom. The van der Waals surface area contributed by atoms with Crippen LogP contribution in [-0.4, -0.2) is 18.5 Å². The first-order valence-corrected chi connectivity index (χ1v) is 7.50. The summed E-state index contributed by atoms with van der Waals surface area (Å²) in [5.41, 5.74) is 5.38. The highest BCUT2D eigenvalue weighted by molar-refractivity contribution is 5.85. The topological polar surface area (TPSA) is 55.1 Å². The van der Waals surface area contributed by atoms with Crippen LogP contribution in [0.4, 0.5) is 8.78 Å². The van der Waals surface area contributed by atoms with E-state index in [1.807, 2.05) is 0 Å². The van der Waals surface area contributed by atoms with E-state index in [9.17, 15) is 13.6 Å². The lowest BCUT2D eigenvalue weighted by molar-refractivity contribution is -0.148. The van der Waals surface area contributed by atoms with Gasteiger partial charge in [-0.25, -0.2) is 0 Å². The third kappa shape index (κ3) is 4.40. The van der Waals surface area contributed by atoms with Crippen LogP contribution in [0.5, 0.6) is 0 Å². The van der Waals surface area contributed by atoms with E-state index in [2.05, 4.69) is 5.32 Å². The quantitative estimate of drug-likeness (QED) is 0.869. The molecule has 3 N–H and O–H groups in total. The molecule has 22 heavy (non-hydrogen) atoms. The molecule has 0 spiro atoms. The van der Waals surface area contributed by atoms with Gasteiger partial charge in [0.2, 0.25) is 0 Å². The van der Waals surface area contributed by atoms with Crippen molar-refractivity contribution in [2.45, 2.75) is 44.1 Å². The van der Waals surface area contributed by atoms with E-state index in [4.69, 9.17) is 5.73 Å². The van der Waals surface area contributed by atoms with Crippen molar-refractivity contribution in [3.63, 3.8) is 0 Å². The van der Waals surface area contributed by atoms with Crippen molar-refractivity contribution in [2.24, 2.45) is 11.7 Å². The standard InChI is InChI=1S/C16H22F2N2O.ClH/c17-16(18,13-9-5-2-6-10-13)15(21)20-14(11-19)12-7-3-1-4-8-12;/h2,5-6,9-10,12,14H,1,3-4,7-8,11,19H2,(H,20,21);1H. The summed E-state index contributed by atoms with van der Waals surface area (Å²) in [5, 5.41) is 2.46. The average Bonchev–Trinajstić information content (AvgIpc) is 2.54. The Morgan fingerprint density at radius 3 is 2.36 bits per heavy atom. The molecule has 1 aromatic rings. The summed E-state index contributed by atoms with van der Waals surface area (Å²) in [6, 6.07) is 6.79. The first-order valence-electron chi connectivity index (χ1n) is 7.50. The van der Waals surface area contributed by atoms with Gasteiger partial charge in [0.15, 0.2) is 0 Å². The summed E-state index contributed by atoms with van der Waals surface area (Å²) < 4.78 is 28.3. The Bertz CT molecular complexity index is 464. The van der Waals surface area contributed by atoms with Gasteiger partial charge in [-0.1, -0.05) is 49.6 Å². The fourth-order valence-corrected chi connectivity index (χ4v) is 2.94.